The molecule has 108 valence electrons. The van der Waals surface area contributed by atoms with Gasteiger partial charge in [-0.1, -0.05) is 12.8 Å². The molecule has 1 aliphatic carbocycles. The SMILES string of the molecule is Cl.NCC1(NC(=O)CN2CC(=O)NC2=O)CCCC1. The van der Waals surface area contributed by atoms with Gasteiger partial charge in [-0.05, 0) is 12.8 Å². The van der Waals surface area contributed by atoms with Crippen LogP contribution in [0.5, 0.6) is 0 Å². The van der Waals surface area contributed by atoms with Crippen molar-refractivity contribution in [2.24, 2.45) is 5.73 Å². The Hall–Kier alpha value is -1.34. The van der Waals surface area contributed by atoms with Crippen molar-refractivity contribution in [2.45, 2.75) is 31.2 Å². The quantitative estimate of drug-likeness (QED) is 0.598. The molecular formula is C11H19ClN4O3. The van der Waals surface area contributed by atoms with Crippen LogP contribution < -0.4 is 16.4 Å². The van der Waals surface area contributed by atoms with Crippen molar-refractivity contribution in [1.29, 1.82) is 0 Å². The molecule has 0 bridgehead atoms. The van der Waals surface area contributed by atoms with Crippen molar-refractivity contribution in [1.82, 2.24) is 15.5 Å². The highest BCUT2D eigenvalue weighted by Crippen LogP contribution is 2.28. The van der Waals surface area contributed by atoms with Crippen molar-refractivity contribution in [3.05, 3.63) is 0 Å². The Bertz CT molecular complexity index is 382. The second kappa shape index (κ2) is 6.21. The molecule has 1 aliphatic heterocycles. The average Bonchev–Trinajstić information content (AvgIpc) is 2.87. The van der Waals surface area contributed by atoms with Gasteiger partial charge in [0.1, 0.15) is 13.1 Å². The molecule has 0 aromatic carbocycles. The second-order valence-electron chi connectivity index (χ2n) is 4.95. The molecular weight excluding hydrogens is 272 g/mol. The van der Waals surface area contributed by atoms with Crippen LogP contribution in [0.15, 0.2) is 0 Å². The summed E-state index contributed by atoms with van der Waals surface area (Å²) in [5.41, 5.74) is 5.39. The number of imide groups is 1. The molecule has 4 amide bonds. The second-order valence-corrected chi connectivity index (χ2v) is 4.95. The number of hydrogen-bond acceptors (Lipinski definition) is 4. The Morgan fingerprint density at radius 1 is 1.37 bits per heavy atom. The van der Waals surface area contributed by atoms with Gasteiger partial charge in [0.2, 0.25) is 11.8 Å². The first-order chi connectivity index (χ1) is 8.54. The highest BCUT2D eigenvalue weighted by atomic mass is 35.5. The van der Waals surface area contributed by atoms with E-state index in [1.807, 2.05) is 0 Å². The third kappa shape index (κ3) is 3.57. The lowest BCUT2D eigenvalue weighted by Gasteiger charge is -2.29. The molecule has 4 N–H and O–H groups in total. The number of halogens is 1. The van der Waals surface area contributed by atoms with Crippen molar-refractivity contribution in [2.75, 3.05) is 19.6 Å². The number of nitrogens with two attached hydrogens (primary N) is 1. The molecule has 7 nitrogen and oxygen atoms in total. The third-order valence-corrected chi connectivity index (χ3v) is 3.56. The maximum atomic E-state index is 11.9. The largest absolute Gasteiger partial charge is 0.348 e. The zero-order valence-electron chi connectivity index (χ0n) is 10.6. The minimum absolute atomic E-state index is 0. The molecule has 1 heterocycles. The predicted octanol–water partition coefficient (Wildman–Crippen LogP) is -0.652. The Labute approximate surface area is 117 Å². The van der Waals surface area contributed by atoms with E-state index >= 15 is 0 Å². The smallest absolute Gasteiger partial charge is 0.325 e. The highest BCUT2D eigenvalue weighted by Gasteiger charge is 2.35. The molecule has 1 saturated heterocycles. The van der Waals surface area contributed by atoms with Gasteiger partial charge in [-0.2, -0.15) is 0 Å². The molecule has 8 heteroatoms. The number of hydrogen-bond donors (Lipinski definition) is 3. The van der Waals surface area contributed by atoms with Gasteiger partial charge in [-0.25, -0.2) is 4.79 Å². The van der Waals surface area contributed by atoms with E-state index in [9.17, 15) is 14.4 Å². The Balaban J connectivity index is 0.00000180. The van der Waals surface area contributed by atoms with Gasteiger partial charge in [-0.15, -0.1) is 12.4 Å². The number of carbonyl (C=O) groups excluding carboxylic acids is 3. The lowest BCUT2D eigenvalue weighted by atomic mass is 9.98. The summed E-state index contributed by atoms with van der Waals surface area (Å²) in [6.07, 6.45) is 3.86. The van der Waals surface area contributed by atoms with E-state index < -0.39 is 6.03 Å². The fraction of sp³-hybridized carbons (Fsp3) is 0.727. The molecule has 0 atom stereocenters. The molecule has 19 heavy (non-hydrogen) atoms. The van der Waals surface area contributed by atoms with Gasteiger partial charge >= 0.3 is 6.03 Å². The summed E-state index contributed by atoms with van der Waals surface area (Å²) in [7, 11) is 0. The van der Waals surface area contributed by atoms with Gasteiger partial charge < -0.3 is 16.0 Å². The molecule has 0 aromatic rings. The summed E-state index contributed by atoms with van der Waals surface area (Å²) in [6, 6.07) is -0.511. The number of rotatable bonds is 4. The number of carbonyl (C=O) groups is 3. The predicted molar refractivity (Wildman–Crippen MR) is 70.8 cm³/mol. The molecule has 0 unspecified atom stereocenters. The van der Waals surface area contributed by atoms with Gasteiger partial charge in [0.25, 0.3) is 0 Å². The maximum absolute atomic E-state index is 11.9. The summed E-state index contributed by atoms with van der Waals surface area (Å²) in [4.78, 5) is 35.3. The van der Waals surface area contributed by atoms with Crippen molar-refractivity contribution in [3.63, 3.8) is 0 Å². The Morgan fingerprint density at radius 3 is 2.47 bits per heavy atom. The molecule has 0 aromatic heterocycles. The number of amides is 4. The lowest BCUT2D eigenvalue weighted by Crippen LogP contribution is -2.54. The Morgan fingerprint density at radius 2 is 2.00 bits per heavy atom. The van der Waals surface area contributed by atoms with Crippen molar-refractivity contribution in [3.8, 4) is 0 Å². The highest BCUT2D eigenvalue weighted by molar-refractivity contribution is 6.03. The minimum Gasteiger partial charge on any atom is -0.348 e. The van der Waals surface area contributed by atoms with Crippen molar-refractivity contribution >= 4 is 30.3 Å². The third-order valence-electron chi connectivity index (χ3n) is 3.56. The van der Waals surface area contributed by atoms with Crippen LogP contribution in [0, 0.1) is 0 Å². The van der Waals surface area contributed by atoms with Crippen molar-refractivity contribution < 1.29 is 14.4 Å². The fourth-order valence-electron chi connectivity index (χ4n) is 2.55. The number of nitrogens with zero attached hydrogens (tertiary/aromatic N) is 1. The van der Waals surface area contributed by atoms with Crippen LogP contribution in [-0.4, -0.2) is 47.9 Å². The van der Waals surface area contributed by atoms with Crippen LogP contribution in [0.1, 0.15) is 25.7 Å². The first-order valence-electron chi connectivity index (χ1n) is 6.14. The van der Waals surface area contributed by atoms with E-state index in [1.54, 1.807) is 0 Å². The van der Waals surface area contributed by atoms with E-state index in [4.69, 9.17) is 5.73 Å². The van der Waals surface area contributed by atoms with E-state index in [0.717, 1.165) is 25.7 Å². The van der Waals surface area contributed by atoms with E-state index in [1.165, 1.54) is 4.90 Å². The zero-order chi connectivity index (χ0) is 13.2. The summed E-state index contributed by atoms with van der Waals surface area (Å²) in [5, 5.41) is 5.04. The van der Waals surface area contributed by atoms with E-state index in [-0.39, 0.29) is 42.8 Å². The number of nitrogens with one attached hydrogen (secondary N) is 2. The van der Waals surface area contributed by atoms with Gasteiger partial charge in [0.05, 0.1) is 5.54 Å². The maximum Gasteiger partial charge on any atom is 0.325 e. The molecule has 0 spiro atoms. The van der Waals surface area contributed by atoms with Crippen LogP contribution in [0.2, 0.25) is 0 Å². The molecule has 1 saturated carbocycles. The first-order valence-corrected chi connectivity index (χ1v) is 6.14. The normalized spacial score (nSPS) is 21.0. The van der Waals surface area contributed by atoms with Gasteiger partial charge in [0, 0.05) is 6.54 Å². The zero-order valence-corrected chi connectivity index (χ0v) is 11.4. The summed E-state index contributed by atoms with van der Waals surface area (Å²) in [5.74, 6) is -0.630. The van der Waals surface area contributed by atoms with E-state index in [2.05, 4.69) is 10.6 Å². The average molecular weight is 291 g/mol. The van der Waals surface area contributed by atoms with Gasteiger partial charge in [0.15, 0.2) is 0 Å². The first kappa shape index (κ1) is 15.7. The van der Waals surface area contributed by atoms with E-state index in [0.29, 0.717) is 6.54 Å². The van der Waals surface area contributed by atoms with Crippen LogP contribution in [0.3, 0.4) is 0 Å². The van der Waals surface area contributed by atoms with Gasteiger partial charge in [-0.3, -0.25) is 14.9 Å². The standard InChI is InChI=1S/C11H18N4O3.ClH/c12-7-11(3-1-2-4-11)14-9(17)6-15-5-8(16)13-10(15)18;/h1-7,12H2,(H,14,17)(H,13,16,18);1H. The molecule has 2 aliphatic rings. The van der Waals surface area contributed by atoms with Crippen LogP contribution >= 0.6 is 12.4 Å². The van der Waals surface area contributed by atoms with Crippen LogP contribution in [0.25, 0.3) is 0 Å². The molecule has 0 radical (unpaired) electrons. The lowest BCUT2D eigenvalue weighted by molar-refractivity contribution is -0.123. The monoisotopic (exact) mass is 290 g/mol. The van der Waals surface area contributed by atoms with Crippen LogP contribution in [0.4, 0.5) is 4.79 Å². The summed E-state index contributed by atoms with van der Waals surface area (Å²) >= 11 is 0. The Kier molecular flexibility index (Phi) is 5.13. The molecule has 2 fully saturated rings. The van der Waals surface area contributed by atoms with Crippen LogP contribution in [-0.2, 0) is 9.59 Å². The topological polar surface area (TPSA) is 105 Å². The number of urea groups is 1. The molecule has 2 rings (SSSR count). The fourth-order valence-corrected chi connectivity index (χ4v) is 2.55. The summed E-state index contributed by atoms with van der Waals surface area (Å²) in [6.45, 7) is 0.255. The summed E-state index contributed by atoms with van der Waals surface area (Å²) < 4.78 is 0. The minimum atomic E-state index is -0.511.